The number of fused-ring (bicyclic) bond motifs is 1. The third kappa shape index (κ3) is 4.04. The number of amides is 2. The van der Waals surface area contributed by atoms with Gasteiger partial charge >= 0.3 is 6.03 Å². The number of pyridine rings is 1. The minimum atomic E-state index is -3.11. The number of imidazole rings is 1. The molecule has 0 bridgehead atoms. The lowest BCUT2D eigenvalue weighted by Gasteiger charge is -2.30. The van der Waals surface area contributed by atoms with Crippen LogP contribution in [0, 0.1) is 5.82 Å². The minimum absolute atomic E-state index is 0.0498. The van der Waals surface area contributed by atoms with Crippen molar-refractivity contribution in [3.8, 4) is 22.4 Å². The normalized spacial score (nSPS) is 17.5. The average molecular weight is 535 g/mol. The first-order valence-electron chi connectivity index (χ1n) is 12.8. The summed E-state index contributed by atoms with van der Waals surface area (Å²) in [5.74, 6) is -3.54. The molecule has 8 nitrogen and oxygen atoms in total. The first kappa shape index (κ1) is 23.8. The third-order valence-electron chi connectivity index (χ3n) is 7.50. The third-order valence-corrected chi connectivity index (χ3v) is 7.50. The van der Waals surface area contributed by atoms with Gasteiger partial charge in [0, 0.05) is 73.0 Å². The maximum Gasteiger partial charge on any atom is 0.320 e. The number of nitrogens with zero attached hydrogens (tertiary/aromatic N) is 5. The second-order valence-electron chi connectivity index (χ2n) is 10.1. The Bertz CT molecular complexity index is 1720. The number of aromatic nitrogens is 4. The van der Waals surface area contributed by atoms with E-state index in [-0.39, 0.29) is 19.7 Å². The van der Waals surface area contributed by atoms with Crippen molar-refractivity contribution in [2.75, 3.05) is 32.8 Å². The van der Waals surface area contributed by atoms with Crippen LogP contribution in [0.25, 0.3) is 38.9 Å². The standard InChI is InChI=1S/C28H25F3N6O2/c29-19-9-18-14-35(27(38)36-7-8-39-17-28(30,31)16-36)6-5-34-15-23(20(10-19)26(18)34)21-11-32-12-22(21)24-13-33-25-3-1-2-4-37(24)25/h1-4,9-13,15,32H,5-8,14,16-17H2. The number of carbonyl (C=O) groups excluding carboxylic acids is 1. The molecule has 1 N–H and O–H groups in total. The Morgan fingerprint density at radius 1 is 1.05 bits per heavy atom. The van der Waals surface area contributed by atoms with E-state index in [1.54, 1.807) is 0 Å². The van der Waals surface area contributed by atoms with Crippen LogP contribution in [0.2, 0.25) is 0 Å². The Hall–Kier alpha value is -4.25. The number of carbonyl (C=O) groups is 1. The van der Waals surface area contributed by atoms with Crippen LogP contribution >= 0.6 is 0 Å². The molecule has 6 heterocycles. The summed E-state index contributed by atoms with van der Waals surface area (Å²) in [6.45, 7) is -0.408. The number of nitrogens with one attached hydrogen (secondary N) is 1. The molecule has 7 rings (SSSR count). The van der Waals surface area contributed by atoms with Crippen molar-refractivity contribution in [1.29, 1.82) is 0 Å². The summed E-state index contributed by atoms with van der Waals surface area (Å²) < 4.78 is 52.3. The van der Waals surface area contributed by atoms with Crippen LogP contribution in [-0.2, 0) is 17.8 Å². The van der Waals surface area contributed by atoms with E-state index in [4.69, 9.17) is 4.74 Å². The first-order valence-corrected chi connectivity index (χ1v) is 12.8. The SMILES string of the molecule is O=C(N1CCn2cc(-c3c[nH]cc3-c3cnc4ccccn34)c3cc(F)cc(c32)C1)N1CCOCC(F)(F)C1. The van der Waals surface area contributed by atoms with E-state index in [0.29, 0.717) is 18.7 Å². The molecular formula is C28H25F3N6O2. The van der Waals surface area contributed by atoms with E-state index in [9.17, 15) is 13.6 Å². The van der Waals surface area contributed by atoms with Crippen molar-refractivity contribution in [3.63, 3.8) is 0 Å². The van der Waals surface area contributed by atoms with Gasteiger partial charge in [0.25, 0.3) is 5.92 Å². The highest BCUT2D eigenvalue weighted by atomic mass is 19.3. The van der Waals surface area contributed by atoms with Gasteiger partial charge in [0.15, 0.2) is 0 Å². The van der Waals surface area contributed by atoms with Gasteiger partial charge in [0.2, 0.25) is 0 Å². The van der Waals surface area contributed by atoms with E-state index in [2.05, 4.69) is 9.97 Å². The minimum Gasteiger partial charge on any atom is -0.373 e. The maximum absolute atomic E-state index is 15.0. The smallest absolute Gasteiger partial charge is 0.320 e. The Kier molecular flexibility index (Phi) is 5.44. The van der Waals surface area contributed by atoms with Crippen molar-refractivity contribution in [2.45, 2.75) is 19.0 Å². The van der Waals surface area contributed by atoms with Crippen molar-refractivity contribution >= 4 is 22.6 Å². The Labute approximate surface area is 221 Å². The number of hydrogen-bond acceptors (Lipinski definition) is 3. The van der Waals surface area contributed by atoms with E-state index in [1.165, 1.54) is 17.0 Å². The van der Waals surface area contributed by atoms with Gasteiger partial charge in [0.05, 0.1) is 30.6 Å². The lowest BCUT2D eigenvalue weighted by molar-refractivity contribution is -0.0660. The van der Waals surface area contributed by atoms with Crippen LogP contribution < -0.4 is 0 Å². The molecule has 0 unspecified atom stereocenters. The van der Waals surface area contributed by atoms with Crippen molar-refractivity contribution in [3.05, 3.63) is 72.7 Å². The fourth-order valence-corrected chi connectivity index (χ4v) is 5.77. The summed E-state index contributed by atoms with van der Waals surface area (Å²) in [6, 6.07) is 8.25. The van der Waals surface area contributed by atoms with Crippen LogP contribution in [0.4, 0.5) is 18.0 Å². The molecule has 4 aromatic heterocycles. The molecule has 2 amide bonds. The highest BCUT2D eigenvalue weighted by Gasteiger charge is 2.38. The molecule has 0 radical (unpaired) electrons. The summed E-state index contributed by atoms with van der Waals surface area (Å²) in [4.78, 5) is 23.7. The quantitative estimate of drug-likeness (QED) is 0.347. The molecule has 1 aromatic carbocycles. The molecule has 200 valence electrons. The Morgan fingerprint density at radius 2 is 1.92 bits per heavy atom. The molecule has 1 saturated heterocycles. The van der Waals surface area contributed by atoms with E-state index in [0.717, 1.165) is 43.8 Å². The average Bonchev–Trinajstić information content (AvgIpc) is 3.57. The Balaban J connectivity index is 1.28. The van der Waals surface area contributed by atoms with Crippen molar-refractivity contribution in [2.24, 2.45) is 0 Å². The zero-order valence-corrected chi connectivity index (χ0v) is 20.9. The summed E-state index contributed by atoms with van der Waals surface area (Å²) in [5, 5.41) is 0.726. The summed E-state index contributed by atoms with van der Waals surface area (Å²) in [7, 11) is 0. The van der Waals surface area contributed by atoms with Crippen LogP contribution in [-0.4, -0.2) is 73.5 Å². The number of halogens is 3. The summed E-state index contributed by atoms with van der Waals surface area (Å²) in [5.41, 5.74) is 5.88. The molecule has 1 fully saturated rings. The number of alkyl halides is 2. The molecule has 0 spiro atoms. The predicted octanol–water partition coefficient (Wildman–Crippen LogP) is 4.99. The molecule has 39 heavy (non-hydrogen) atoms. The first-order chi connectivity index (χ1) is 18.9. The Morgan fingerprint density at radius 3 is 2.82 bits per heavy atom. The van der Waals surface area contributed by atoms with Gasteiger partial charge in [-0.2, -0.15) is 0 Å². The number of rotatable bonds is 2. The molecular weight excluding hydrogens is 509 g/mol. The highest BCUT2D eigenvalue weighted by molar-refractivity contribution is 6.01. The molecule has 2 aliphatic rings. The number of ether oxygens (including phenoxy) is 1. The van der Waals surface area contributed by atoms with Gasteiger partial charge < -0.3 is 24.1 Å². The lowest BCUT2D eigenvalue weighted by atomic mass is 10.0. The van der Waals surface area contributed by atoms with Gasteiger partial charge in [-0.3, -0.25) is 4.40 Å². The van der Waals surface area contributed by atoms with Gasteiger partial charge in [-0.25, -0.2) is 22.9 Å². The highest BCUT2D eigenvalue weighted by Crippen LogP contribution is 2.40. The maximum atomic E-state index is 15.0. The number of urea groups is 1. The van der Waals surface area contributed by atoms with Crippen LogP contribution in [0.1, 0.15) is 5.56 Å². The van der Waals surface area contributed by atoms with Crippen molar-refractivity contribution < 1.29 is 22.7 Å². The van der Waals surface area contributed by atoms with Crippen LogP contribution in [0.5, 0.6) is 0 Å². The van der Waals surface area contributed by atoms with Gasteiger partial charge in [0.1, 0.15) is 18.1 Å². The zero-order chi connectivity index (χ0) is 26.7. The second kappa shape index (κ2) is 8.91. The number of hydrogen-bond donors (Lipinski definition) is 1. The monoisotopic (exact) mass is 534 g/mol. The van der Waals surface area contributed by atoms with Crippen LogP contribution in [0.3, 0.4) is 0 Å². The largest absolute Gasteiger partial charge is 0.373 e. The fraction of sp³-hybridized carbons (Fsp3) is 0.286. The molecule has 11 heteroatoms. The zero-order valence-electron chi connectivity index (χ0n) is 20.9. The van der Waals surface area contributed by atoms with E-state index in [1.807, 2.05) is 58.2 Å². The molecule has 0 atom stereocenters. The summed E-state index contributed by atoms with van der Waals surface area (Å²) >= 11 is 0. The van der Waals surface area contributed by atoms with E-state index < -0.39 is 30.9 Å². The van der Waals surface area contributed by atoms with Gasteiger partial charge in [-0.15, -0.1) is 0 Å². The lowest BCUT2D eigenvalue weighted by Crippen LogP contribution is -2.48. The molecule has 2 aliphatic heterocycles. The summed E-state index contributed by atoms with van der Waals surface area (Å²) in [6.07, 6.45) is 9.54. The second-order valence-corrected chi connectivity index (χ2v) is 10.1. The predicted molar refractivity (Wildman–Crippen MR) is 139 cm³/mol. The number of benzene rings is 1. The van der Waals surface area contributed by atoms with Crippen LogP contribution in [0.15, 0.2) is 61.3 Å². The molecule has 0 saturated carbocycles. The number of H-pyrrole nitrogens is 1. The molecule has 0 aliphatic carbocycles. The van der Waals surface area contributed by atoms with Gasteiger partial charge in [-0.05, 0) is 29.8 Å². The fourth-order valence-electron chi connectivity index (χ4n) is 5.77. The van der Waals surface area contributed by atoms with Gasteiger partial charge in [-0.1, -0.05) is 6.07 Å². The van der Waals surface area contributed by atoms with Crippen molar-refractivity contribution in [1.82, 2.24) is 28.7 Å². The topological polar surface area (TPSA) is 70.8 Å². The number of aromatic amines is 1. The molecule has 5 aromatic rings. The van der Waals surface area contributed by atoms with E-state index >= 15 is 4.39 Å².